The van der Waals surface area contributed by atoms with Crippen molar-refractivity contribution in [1.82, 2.24) is 10.2 Å². The van der Waals surface area contributed by atoms with Crippen molar-refractivity contribution in [3.63, 3.8) is 0 Å². The Labute approximate surface area is 164 Å². The molecule has 1 heterocycles. The molecule has 150 valence electrons. The summed E-state index contributed by atoms with van der Waals surface area (Å²) in [5.41, 5.74) is 2.41. The molecule has 0 saturated carbocycles. The van der Waals surface area contributed by atoms with E-state index in [9.17, 15) is 0 Å². The van der Waals surface area contributed by atoms with Crippen LogP contribution >= 0.6 is 0 Å². The molecule has 0 atom stereocenters. The van der Waals surface area contributed by atoms with Crippen molar-refractivity contribution in [3.05, 3.63) is 48.0 Å². The third-order valence-corrected chi connectivity index (χ3v) is 4.66. The normalized spacial score (nSPS) is 15.6. The Morgan fingerprint density at radius 3 is 2.89 bits per heavy atom. The topological polar surface area (TPSA) is 46.1 Å². The molecule has 1 aliphatic heterocycles. The van der Waals surface area contributed by atoms with E-state index in [4.69, 9.17) is 14.5 Å². The van der Waals surface area contributed by atoms with E-state index in [0.29, 0.717) is 19.3 Å². The van der Waals surface area contributed by atoms with Gasteiger partial charge in [0.05, 0.1) is 19.3 Å². The van der Waals surface area contributed by atoms with Crippen LogP contribution in [-0.4, -0.2) is 50.3 Å². The molecule has 1 N–H and O–H groups in total. The third kappa shape index (κ3) is 8.14. The molecule has 1 aromatic rings. The van der Waals surface area contributed by atoms with Gasteiger partial charge in [0.2, 0.25) is 0 Å². The highest BCUT2D eigenvalue weighted by atomic mass is 16.5. The fourth-order valence-corrected chi connectivity index (χ4v) is 3.09. The number of ether oxygens (including phenoxy) is 2. The molecule has 0 spiro atoms. The van der Waals surface area contributed by atoms with Gasteiger partial charge in [-0.05, 0) is 43.7 Å². The zero-order valence-corrected chi connectivity index (χ0v) is 17.0. The molecule has 27 heavy (non-hydrogen) atoms. The first kappa shape index (κ1) is 21.5. The highest BCUT2D eigenvalue weighted by Gasteiger charge is 2.14. The summed E-state index contributed by atoms with van der Waals surface area (Å²) in [6.07, 6.45) is 6.39. The summed E-state index contributed by atoms with van der Waals surface area (Å²) in [6, 6.07) is 8.54. The van der Waals surface area contributed by atoms with Crippen LogP contribution in [0.2, 0.25) is 0 Å². The number of nitrogens with zero attached hydrogens (tertiary/aromatic N) is 2. The first-order valence-corrected chi connectivity index (χ1v) is 10.1. The monoisotopic (exact) mass is 373 g/mol. The molecule has 5 nitrogen and oxygen atoms in total. The molecular weight excluding hydrogens is 338 g/mol. The summed E-state index contributed by atoms with van der Waals surface area (Å²) in [4.78, 5) is 6.99. The summed E-state index contributed by atoms with van der Waals surface area (Å²) in [6.45, 7) is 10.7. The second-order valence-electron chi connectivity index (χ2n) is 6.97. The maximum absolute atomic E-state index is 6.04. The fourth-order valence-electron chi connectivity index (χ4n) is 3.09. The lowest BCUT2D eigenvalue weighted by Gasteiger charge is -2.22. The smallest absolute Gasteiger partial charge is 0.193 e. The lowest BCUT2D eigenvalue weighted by atomic mass is 10.1. The number of hydrogen-bond acceptors (Lipinski definition) is 3. The number of nitrogens with one attached hydrogen (secondary N) is 1. The minimum Gasteiger partial charge on any atom is -0.381 e. The van der Waals surface area contributed by atoms with Gasteiger partial charge in [0.25, 0.3) is 0 Å². The van der Waals surface area contributed by atoms with Gasteiger partial charge in [-0.15, -0.1) is 6.58 Å². The van der Waals surface area contributed by atoms with Crippen molar-refractivity contribution >= 4 is 5.96 Å². The summed E-state index contributed by atoms with van der Waals surface area (Å²) < 4.78 is 11.4. The van der Waals surface area contributed by atoms with Crippen LogP contribution in [0, 0.1) is 0 Å². The highest BCUT2D eigenvalue weighted by Crippen LogP contribution is 2.14. The SMILES string of the molecule is C=CCCCN(C)C(=NCc1cccc(COC2CCOCC2)c1)NCC. The van der Waals surface area contributed by atoms with E-state index in [1.165, 1.54) is 11.1 Å². The molecular formula is C22H35N3O2. The third-order valence-electron chi connectivity index (χ3n) is 4.66. The van der Waals surface area contributed by atoms with E-state index in [-0.39, 0.29) is 0 Å². The number of rotatable bonds is 10. The number of guanidine groups is 1. The van der Waals surface area contributed by atoms with Gasteiger partial charge in [0, 0.05) is 33.4 Å². The first-order chi connectivity index (χ1) is 13.2. The Morgan fingerprint density at radius 2 is 2.15 bits per heavy atom. The zero-order valence-electron chi connectivity index (χ0n) is 17.0. The molecule has 0 amide bonds. The van der Waals surface area contributed by atoms with Crippen molar-refractivity contribution in [2.75, 3.05) is 33.4 Å². The standard InChI is InChI=1S/C22H35N3O2/c1-4-6-7-13-25(3)22(23-5-2)24-17-19-9-8-10-20(16-19)18-27-21-11-14-26-15-12-21/h4,8-10,16,21H,1,5-7,11-15,17-18H2,2-3H3,(H,23,24). The number of aliphatic imine (C=N–C) groups is 1. The van der Waals surface area contributed by atoms with Gasteiger partial charge in [-0.1, -0.05) is 30.3 Å². The van der Waals surface area contributed by atoms with Crippen LogP contribution in [0.1, 0.15) is 43.7 Å². The maximum atomic E-state index is 6.04. The van der Waals surface area contributed by atoms with Crippen molar-refractivity contribution in [2.24, 2.45) is 4.99 Å². The molecule has 0 aliphatic carbocycles. The lowest BCUT2D eigenvalue weighted by Crippen LogP contribution is -2.39. The van der Waals surface area contributed by atoms with Crippen LogP contribution in [-0.2, 0) is 22.6 Å². The van der Waals surface area contributed by atoms with Gasteiger partial charge in [0.15, 0.2) is 5.96 Å². The van der Waals surface area contributed by atoms with Gasteiger partial charge in [-0.25, -0.2) is 4.99 Å². The number of hydrogen-bond donors (Lipinski definition) is 1. The average Bonchev–Trinajstić information content (AvgIpc) is 2.71. The van der Waals surface area contributed by atoms with Gasteiger partial charge < -0.3 is 19.7 Å². The van der Waals surface area contributed by atoms with E-state index in [0.717, 1.165) is 57.9 Å². The van der Waals surface area contributed by atoms with Crippen LogP contribution in [0.25, 0.3) is 0 Å². The van der Waals surface area contributed by atoms with E-state index >= 15 is 0 Å². The molecule has 0 aromatic heterocycles. The van der Waals surface area contributed by atoms with Gasteiger partial charge in [0.1, 0.15) is 0 Å². The van der Waals surface area contributed by atoms with Crippen LogP contribution in [0.4, 0.5) is 0 Å². The number of unbranched alkanes of at least 4 members (excludes halogenated alkanes) is 1. The Bertz CT molecular complexity index is 583. The van der Waals surface area contributed by atoms with Crippen molar-refractivity contribution < 1.29 is 9.47 Å². The fraction of sp³-hybridized carbons (Fsp3) is 0.591. The summed E-state index contributed by atoms with van der Waals surface area (Å²) in [7, 11) is 2.09. The Balaban J connectivity index is 1.89. The Hall–Kier alpha value is -1.85. The first-order valence-electron chi connectivity index (χ1n) is 10.1. The largest absolute Gasteiger partial charge is 0.381 e. The van der Waals surface area contributed by atoms with Crippen LogP contribution < -0.4 is 5.32 Å². The van der Waals surface area contributed by atoms with Crippen molar-refractivity contribution in [2.45, 2.75) is 51.9 Å². The van der Waals surface area contributed by atoms with Gasteiger partial charge >= 0.3 is 0 Å². The van der Waals surface area contributed by atoms with E-state index in [1.807, 2.05) is 6.08 Å². The molecule has 1 fully saturated rings. The minimum absolute atomic E-state index is 0.324. The highest BCUT2D eigenvalue weighted by molar-refractivity contribution is 5.79. The van der Waals surface area contributed by atoms with E-state index in [2.05, 4.69) is 55.0 Å². The molecule has 0 radical (unpaired) electrons. The van der Waals surface area contributed by atoms with E-state index < -0.39 is 0 Å². The van der Waals surface area contributed by atoms with Gasteiger partial charge in [-0.2, -0.15) is 0 Å². The predicted octanol–water partition coefficient (Wildman–Crippen LogP) is 3.75. The van der Waals surface area contributed by atoms with E-state index in [1.54, 1.807) is 0 Å². The predicted molar refractivity (Wildman–Crippen MR) is 112 cm³/mol. The van der Waals surface area contributed by atoms with Crippen LogP contribution in [0.15, 0.2) is 41.9 Å². The maximum Gasteiger partial charge on any atom is 0.193 e. The minimum atomic E-state index is 0.324. The molecule has 1 aromatic carbocycles. The Morgan fingerprint density at radius 1 is 1.37 bits per heavy atom. The quantitative estimate of drug-likeness (QED) is 0.294. The average molecular weight is 374 g/mol. The molecule has 1 saturated heterocycles. The van der Waals surface area contributed by atoms with Crippen molar-refractivity contribution in [1.29, 1.82) is 0 Å². The summed E-state index contributed by atoms with van der Waals surface area (Å²) in [5.74, 6) is 0.949. The molecule has 0 unspecified atom stereocenters. The molecule has 2 rings (SSSR count). The van der Waals surface area contributed by atoms with Crippen LogP contribution in [0.3, 0.4) is 0 Å². The molecule has 0 bridgehead atoms. The number of benzene rings is 1. The summed E-state index contributed by atoms with van der Waals surface area (Å²) in [5, 5.41) is 3.38. The van der Waals surface area contributed by atoms with Gasteiger partial charge in [-0.3, -0.25) is 0 Å². The van der Waals surface area contributed by atoms with Crippen molar-refractivity contribution in [3.8, 4) is 0 Å². The molecule has 5 heteroatoms. The Kier molecular flexibility index (Phi) is 9.95. The van der Waals surface area contributed by atoms with Crippen LogP contribution in [0.5, 0.6) is 0 Å². The zero-order chi connectivity index (χ0) is 19.3. The summed E-state index contributed by atoms with van der Waals surface area (Å²) >= 11 is 0. The second kappa shape index (κ2) is 12.5. The second-order valence-corrected chi connectivity index (χ2v) is 6.97. The molecule has 1 aliphatic rings. The lowest BCUT2D eigenvalue weighted by molar-refractivity contribution is -0.0390. The number of allylic oxidation sites excluding steroid dienone is 1.